The summed E-state index contributed by atoms with van der Waals surface area (Å²) in [5, 5.41) is 47.5. The predicted octanol–water partition coefficient (Wildman–Crippen LogP) is 8.04. The van der Waals surface area contributed by atoms with Crippen LogP contribution in [-0.4, -0.2) is 75.7 Å². The van der Waals surface area contributed by atoms with Crippen LogP contribution in [0.25, 0.3) is 0 Å². The summed E-state index contributed by atoms with van der Waals surface area (Å²) in [5.41, 5.74) is 0.254. The van der Waals surface area contributed by atoms with Gasteiger partial charge in [-0.3, -0.25) is 0 Å². The summed E-state index contributed by atoms with van der Waals surface area (Å²) in [4.78, 5) is 12.2. The van der Waals surface area contributed by atoms with E-state index < -0.39 is 43.6 Å². The molecule has 0 aromatic heterocycles. The van der Waals surface area contributed by atoms with Crippen LogP contribution in [0.4, 0.5) is 0 Å². The van der Waals surface area contributed by atoms with Gasteiger partial charge >= 0.3 is 5.97 Å². The highest BCUT2D eigenvalue weighted by atomic mass is 16.5. The monoisotopic (exact) mass is 667 g/mol. The van der Waals surface area contributed by atoms with Gasteiger partial charge in [0.2, 0.25) is 0 Å². The molecule has 0 radical (unpaired) electrons. The van der Waals surface area contributed by atoms with E-state index in [1.165, 1.54) is 141 Å². The lowest BCUT2D eigenvalue weighted by Gasteiger charge is -2.25. The van der Waals surface area contributed by atoms with Gasteiger partial charge in [-0.1, -0.05) is 155 Å². The molecule has 0 spiro atoms. The summed E-state index contributed by atoms with van der Waals surface area (Å²) in [6.07, 6.45) is 26.1. The van der Waals surface area contributed by atoms with Gasteiger partial charge in [-0.15, -0.1) is 0 Å². The van der Waals surface area contributed by atoms with E-state index in [4.69, 9.17) is 14.6 Å². The number of hydrogen-bond acceptors (Lipinski definition) is 8. The molecule has 0 amide bonds. The highest BCUT2D eigenvalue weighted by Gasteiger charge is 2.30. The average Bonchev–Trinajstić information content (AvgIpc) is 3.09. The number of hydrogen-bond donors (Lipinski definition) is 5. The van der Waals surface area contributed by atoms with E-state index in [0.717, 1.165) is 12.8 Å². The number of rotatable bonds is 33. The first-order valence-electron chi connectivity index (χ1n) is 19.1. The number of aliphatic hydroxyl groups is 5. The molecule has 8 nitrogen and oxygen atoms in total. The zero-order valence-electron chi connectivity index (χ0n) is 29.7. The lowest BCUT2D eigenvalue weighted by Crippen LogP contribution is -2.47. The fraction of sp³-hybridized carbons (Fsp3) is 0.821. The van der Waals surface area contributed by atoms with E-state index in [1.54, 1.807) is 24.3 Å². The normalized spacial score (nSPS) is 14.1. The molecule has 0 unspecified atom stereocenters. The van der Waals surface area contributed by atoms with Gasteiger partial charge < -0.3 is 35.0 Å². The topological polar surface area (TPSA) is 137 Å². The van der Waals surface area contributed by atoms with Crippen LogP contribution in [0, 0.1) is 0 Å². The number of unbranched alkanes of at least 4 members (excludes halogenated alkanes) is 23. The molecule has 8 heteroatoms. The Hall–Kier alpha value is -1.71. The van der Waals surface area contributed by atoms with Gasteiger partial charge in [0.05, 0.1) is 18.8 Å². The van der Waals surface area contributed by atoms with Gasteiger partial charge in [-0.25, -0.2) is 4.79 Å². The Bertz CT molecular complexity index is 833. The van der Waals surface area contributed by atoms with Crippen molar-refractivity contribution in [2.45, 2.75) is 185 Å². The Labute approximate surface area is 286 Å². The lowest BCUT2D eigenvalue weighted by molar-refractivity contribution is -0.124. The van der Waals surface area contributed by atoms with Gasteiger partial charge in [-0.05, 0) is 30.7 Å². The summed E-state index contributed by atoms with van der Waals surface area (Å²) in [5.74, 6) is -0.0442. The largest absolute Gasteiger partial charge is 0.494 e. The second kappa shape index (κ2) is 30.4. The molecule has 5 N–H and O–H groups in total. The molecule has 0 saturated heterocycles. The van der Waals surface area contributed by atoms with Crippen molar-refractivity contribution in [3.63, 3.8) is 0 Å². The first-order valence-corrected chi connectivity index (χ1v) is 19.1. The van der Waals surface area contributed by atoms with Crippen molar-refractivity contribution in [2.24, 2.45) is 0 Å². The van der Waals surface area contributed by atoms with E-state index in [1.807, 2.05) is 0 Å². The predicted molar refractivity (Wildman–Crippen MR) is 190 cm³/mol. The van der Waals surface area contributed by atoms with E-state index >= 15 is 0 Å². The van der Waals surface area contributed by atoms with Crippen molar-refractivity contribution in [1.29, 1.82) is 0 Å². The Morgan fingerprint density at radius 2 is 0.915 bits per heavy atom. The van der Waals surface area contributed by atoms with Gasteiger partial charge in [-0.2, -0.15) is 0 Å². The van der Waals surface area contributed by atoms with Crippen molar-refractivity contribution in [2.75, 3.05) is 19.8 Å². The van der Waals surface area contributed by atoms with Crippen LogP contribution in [-0.2, 0) is 4.74 Å². The Kier molecular flexibility index (Phi) is 28.0. The summed E-state index contributed by atoms with van der Waals surface area (Å²) < 4.78 is 10.8. The molecule has 0 aliphatic heterocycles. The molecule has 1 rings (SSSR count). The second-order valence-corrected chi connectivity index (χ2v) is 13.4. The molecule has 0 aliphatic carbocycles. The molecule has 1 aromatic carbocycles. The molecular weight excluding hydrogens is 596 g/mol. The van der Waals surface area contributed by atoms with Crippen molar-refractivity contribution in [3.05, 3.63) is 29.8 Å². The first-order chi connectivity index (χ1) is 22.9. The first kappa shape index (κ1) is 43.3. The van der Waals surface area contributed by atoms with Crippen LogP contribution in [0.5, 0.6) is 5.75 Å². The van der Waals surface area contributed by atoms with Crippen LogP contribution < -0.4 is 4.74 Å². The zero-order valence-corrected chi connectivity index (χ0v) is 29.7. The maximum Gasteiger partial charge on any atom is 0.338 e. The standard InChI is InChI=1S/C39H70O8/c1-2-3-4-5-6-7-8-9-10-11-12-13-14-15-16-17-18-19-20-21-22-23-24-25-30-46-34-28-26-33(27-29-34)39(45)47-32-36(42)38(44)37(43)35(41)31-40/h26-29,35-38,40-44H,2-25,30-32H2,1H3/t35-,36+,37+,38+/m0/s1. The van der Waals surface area contributed by atoms with Gasteiger partial charge in [0.25, 0.3) is 0 Å². The Morgan fingerprint density at radius 1 is 0.553 bits per heavy atom. The Morgan fingerprint density at radius 3 is 1.30 bits per heavy atom. The number of benzene rings is 1. The van der Waals surface area contributed by atoms with E-state index in [9.17, 15) is 25.2 Å². The van der Waals surface area contributed by atoms with Crippen LogP contribution in [0.15, 0.2) is 24.3 Å². The van der Waals surface area contributed by atoms with Gasteiger partial charge in [0.15, 0.2) is 0 Å². The molecule has 4 atom stereocenters. The maximum atomic E-state index is 12.2. The SMILES string of the molecule is CCCCCCCCCCCCCCCCCCCCCCCCCCOc1ccc(C(=O)OC[C@@H](O)[C@@H](O)[C@H](O)[C@@H](O)CO)cc1. The Balaban J connectivity index is 1.89. The average molecular weight is 667 g/mol. The third kappa shape index (κ3) is 23.3. The highest BCUT2D eigenvalue weighted by molar-refractivity contribution is 5.89. The van der Waals surface area contributed by atoms with Crippen molar-refractivity contribution < 1.29 is 39.8 Å². The summed E-state index contributed by atoms with van der Waals surface area (Å²) in [6, 6.07) is 6.49. The van der Waals surface area contributed by atoms with Crippen LogP contribution in [0.1, 0.15) is 171 Å². The highest BCUT2D eigenvalue weighted by Crippen LogP contribution is 2.17. The molecule has 1 aromatic rings. The summed E-state index contributed by atoms with van der Waals surface area (Å²) in [6.45, 7) is 1.55. The minimum Gasteiger partial charge on any atom is -0.494 e. The van der Waals surface area contributed by atoms with Crippen molar-refractivity contribution in [3.8, 4) is 5.75 Å². The van der Waals surface area contributed by atoms with Crippen LogP contribution >= 0.6 is 0 Å². The minimum atomic E-state index is -1.78. The molecule has 274 valence electrons. The quantitative estimate of drug-likeness (QED) is 0.0376. The van der Waals surface area contributed by atoms with Crippen LogP contribution in [0.3, 0.4) is 0 Å². The van der Waals surface area contributed by atoms with E-state index in [-0.39, 0.29) is 5.56 Å². The van der Waals surface area contributed by atoms with Crippen molar-refractivity contribution >= 4 is 5.97 Å². The van der Waals surface area contributed by atoms with Gasteiger partial charge in [0.1, 0.15) is 36.8 Å². The second-order valence-electron chi connectivity index (χ2n) is 13.4. The molecular formula is C39H70O8. The molecule has 47 heavy (non-hydrogen) atoms. The van der Waals surface area contributed by atoms with Crippen molar-refractivity contribution in [1.82, 2.24) is 0 Å². The molecule has 0 bridgehead atoms. The number of carbonyl (C=O) groups is 1. The summed E-state index contributed by atoms with van der Waals surface area (Å²) in [7, 11) is 0. The summed E-state index contributed by atoms with van der Waals surface area (Å²) >= 11 is 0. The molecule has 0 heterocycles. The third-order valence-electron chi connectivity index (χ3n) is 9.07. The van der Waals surface area contributed by atoms with E-state index in [0.29, 0.717) is 12.4 Å². The minimum absolute atomic E-state index is 0.254. The fourth-order valence-electron chi connectivity index (χ4n) is 5.85. The molecule has 0 aliphatic rings. The van der Waals surface area contributed by atoms with Gasteiger partial charge in [0, 0.05) is 0 Å². The number of carbonyl (C=O) groups excluding carboxylic acids is 1. The van der Waals surface area contributed by atoms with E-state index in [2.05, 4.69) is 6.92 Å². The molecule has 0 fully saturated rings. The number of ether oxygens (including phenoxy) is 2. The van der Waals surface area contributed by atoms with Crippen LogP contribution in [0.2, 0.25) is 0 Å². The molecule has 0 saturated carbocycles. The smallest absolute Gasteiger partial charge is 0.338 e. The fourth-order valence-corrected chi connectivity index (χ4v) is 5.85. The number of esters is 1. The zero-order chi connectivity index (χ0) is 34.4. The maximum absolute atomic E-state index is 12.2. The lowest BCUT2D eigenvalue weighted by atomic mass is 10.0. The number of aliphatic hydroxyl groups excluding tert-OH is 5. The third-order valence-corrected chi connectivity index (χ3v) is 9.07.